The molecule has 1 aromatic heterocycles. The van der Waals surface area contributed by atoms with Crippen molar-refractivity contribution in [2.75, 3.05) is 12.9 Å². The maximum absolute atomic E-state index is 12.7. The van der Waals surface area contributed by atoms with E-state index in [0.29, 0.717) is 11.0 Å². The number of non-ortho nitro benzene ring substituents is 1. The summed E-state index contributed by atoms with van der Waals surface area (Å²) in [5, 5.41) is 20.3. The van der Waals surface area contributed by atoms with Crippen LogP contribution in [0.3, 0.4) is 0 Å². The third-order valence-corrected chi connectivity index (χ3v) is 5.88. The Hall–Kier alpha value is -3.98. The number of carbonyl (C=O) groups excluding carboxylic acids is 1. The van der Waals surface area contributed by atoms with Gasteiger partial charge in [-0.15, -0.1) is 10.2 Å². The molecule has 33 heavy (non-hydrogen) atoms. The highest BCUT2D eigenvalue weighted by atomic mass is 32.2. The van der Waals surface area contributed by atoms with Gasteiger partial charge in [0, 0.05) is 28.9 Å². The molecule has 0 saturated heterocycles. The van der Waals surface area contributed by atoms with Crippen LogP contribution >= 0.6 is 11.8 Å². The average Bonchev–Trinajstić information content (AvgIpc) is 3.26. The summed E-state index contributed by atoms with van der Waals surface area (Å²) in [6.07, 6.45) is 0. The van der Waals surface area contributed by atoms with Crippen molar-refractivity contribution in [3.8, 4) is 22.8 Å². The van der Waals surface area contributed by atoms with Gasteiger partial charge in [0.1, 0.15) is 5.75 Å². The zero-order chi connectivity index (χ0) is 23.4. The fourth-order valence-electron chi connectivity index (χ4n) is 3.30. The molecule has 0 bridgehead atoms. The van der Waals surface area contributed by atoms with E-state index in [1.54, 1.807) is 13.2 Å². The lowest BCUT2D eigenvalue weighted by atomic mass is 10.1. The molecular formula is C24H20N4O4S. The highest BCUT2D eigenvalue weighted by Crippen LogP contribution is 2.30. The monoisotopic (exact) mass is 460 g/mol. The number of ketones is 1. The van der Waals surface area contributed by atoms with Gasteiger partial charge in [-0.05, 0) is 37.3 Å². The minimum atomic E-state index is -0.516. The van der Waals surface area contributed by atoms with Gasteiger partial charge in [0.25, 0.3) is 5.69 Å². The number of hydrogen-bond acceptors (Lipinski definition) is 7. The number of hydrogen-bond donors (Lipinski definition) is 0. The molecular weight excluding hydrogens is 440 g/mol. The number of thioether (sulfide) groups is 1. The van der Waals surface area contributed by atoms with Crippen LogP contribution in [0.2, 0.25) is 0 Å². The van der Waals surface area contributed by atoms with E-state index < -0.39 is 4.92 Å². The van der Waals surface area contributed by atoms with Crippen molar-refractivity contribution in [3.63, 3.8) is 0 Å². The van der Waals surface area contributed by atoms with Crippen molar-refractivity contribution in [1.82, 2.24) is 14.8 Å². The highest BCUT2D eigenvalue weighted by Gasteiger charge is 2.19. The zero-order valence-electron chi connectivity index (χ0n) is 18.0. The molecule has 0 N–H and O–H groups in total. The van der Waals surface area contributed by atoms with Crippen LogP contribution in [0.5, 0.6) is 5.75 Å². The number of benzene rings is 3. The lowest BCUT2D eigenvalue weighted by molar-refractivity contribution is -0.384. The van der Waals surface area contributed by atoms with Gasteiger partial charge in [-0.25, -0.2) is 0 Å². The SMILES string of the molecule is COc1ccc(-n2c(SCC(=O)c3cccc([N+](=O)[O-])c3)nnc2-c2cccc(C)c2)cc1. The molecule has 8 nitrogen and oxygen atoms in total. The molecule has 3 aromatic carbocycles. The minimum absolute atomic E-state index is 0.0588. The van der Waals surface area contributed by atoms with Crippen molar-refractivity contribution in [1.29, 1.82) is 0 Å². The first-order valence-corrected chi connectivity index (χ1v) is 11.0. The van der Waals surface area contributed by atoms with Crippen molar-refractivity contribution in [2.24, 2.45) is 0 Å². The third-order valence-electron chi connectivity index (χ3n) is 4.95. The summed E-state index contributed by atoms with van der Waals surface area (Å²) >= 11 is 1.23. The van der Waals surface area contributed by atoms with Crippen LogP contribution in [0.15, 0.2) is 78.0 Å². The van der Waals surface area contributed by atoms with Gasteiger partial charge >= 0.3 is 0 Å². The number of carbonyl (C=O) groups is 1. The second kappa shape index (κ2) is 9.66. The van der Waals surface area contributed by atoms with Crippen LogP contribution < -0.4 is 4.74 Å². The van der Waals surface area contributed by atoms with Crippen molar-refractivity contribution < 1.29 is 14.5 Å². The van der Waals surface area contributed by atoms with E-state index in [1.165, 1.54) is 30.0 Å². The Balaban J connectivity index is 1.67. The van der Waals surface area contributed by atoms with Crippen molar-refractivity contribution in [2.45, 2.75) is 12.1 Å². The van der Waals surface area contributed by atoms with E-state index in [-0.39, 0.29) is 22.8 Å². The van der Waals surface area contributed by atoms with E-state index in [0.717, 1.165) is 22.6 Å². The number of rotatable bonds is 8. The van der Waals surface area contributed by atoms with Gasteiger partial charge in [0.05, 0.1) is 17.8 Å². The molecule has 0 aliphatic heterocycles. The molecule has 0 unspecified atom stereocenters. The quantitative estimate of drug-likeness (QED) is 0.155. The molecule has 0 spiro atoms. The van der Waals surface area contributed by atoms with Gasteiger partial charge in [0.2, 0.25) is 0 Å². The Morgan fingerprint density at radius 3 is 2.52 bits per heavy atom. The Kier molecular flexibility index (Phi) is 6.50. The van der Waals surface area contributed by atoms with Crippen LogP contribution in [0.4, 0.5) is 5.69 Å². The molecule has 4 rings (SSSR count). The van der Waals surface area contributed by atoms with Crippen molar-refractivity contribution in [3.05, 3.63) is 94.0 Å². The highest BCUT2D eigenvalue weighted by molar-refractivity contribution is 7.99. The number of methoxy groups -OCH3 is 1. The van der Waals surface area contributed by atoms with E-state index >= 15 is 0 Å². The Labute approximate surface area is 194 Å². The van der Waals surface area contributed by atoms with Crippen LogP contribution in [0.1, 0.15) is 15.9 Å². The molecule has 0 fully saturated rings. The lowest BCUT2D eigenvalue weighted by Gasteiger charge is -2.11. The summed E-state index contributed by atoms with van der Waals surface area (Å²) in [4.78, 5) is 23.2. The Bertz CT molecular complexity index is 1320. The second-order valence-corrected chi connectivity index (χ2v) is 8.17. The summed E-state index contributed by atoms with van der Waals surface area (Å²) in [5.74, 6) is 1.20. The molecule has 4 aromatic rings. The number of nitro groups is 1. The van der Waals surface area contributed by atoms with Gasteiger partial charge in [-0.1, -0.05) is 47.7 Å². The lowest BCUT2D eigenvalue weighted by Crippen LogP contribution is -2.05. The summed E-state index contributed by atoms with van der Waals surface area (Å²) in [7, 11) is 1.60. The Morgan fingerprint density at radius 2 is 1.82 bits per heavy atom. The number of nitro benzene ring substituents is 1. The van der Waals surface area contributed by atoms with Crippen LogP contribution in [-0.2, 0) is 0 Å². The molecule has 0 radical (unpaired) electrons. The molecule has 0 amide bonds. The maximum Gasteiger partial charge on any atom is 0.270 e. The molecule has 0 aliphatic carbocycles. The topological polar surface area (TPSA) is 100 Å². The summed E-state index contributed by atoms with van der Waals surface area (Å²) in [5.41, 5.74) is 2.98. The molecule has 0 aliphatic rings. The maximum atomic E-state index is 12.7. The number of aromatic nitrogens is 3. The van der Waals surface area contributed by atoms with Gasteiger partial charge in [-0.3, -0.25) is 19.5 Å². The molecule has 166 valence electrons. The molecule has 9 heteroatoms. The number of ether oxygens (including phenoxy) is 1. The van der Waals surface area contributed by atoms with Crippen LogP contribution in [0.25, 0.3) is 17.1 Å². The predicted molar refractivity (Wildman–Crippen MR) is 126 cm³/mol. The fraction of sp³-hybridized carbons (Fsp3) is 0.125. The van der Waals surface area contributed by atoms with E-state index in [4.69, 9.17) is 4.74 Å². The average molecular weight is 461 g/mol. The number of aryl methyl sites for hydroxylation is 1. The van der Waals surface area contributed by atoms with Gasteiger partial charge in [-0.2, -0.15) is 0 Å². The predicted octanol–water partition coefficient (Wildman–Crippen LogP) is 5.13. The standard InChI is InChI=1S/C24H20N4O4S/c1-16-5-3-7-18(13-16)23-25-26-24(27(23)19-9-11-21(32-2)12-10-19)33-15-22(29)17-6-4-8-20(14-17)28(30)31/h3-14H,15H2,1-2H3. The number of nitrogens with zero attached hydrogens (tertiary/aromatic N) is 4. The number of Topliss-reactive ketones (excluding diaryl/α,β-unsaturated/α-hetero) is 1. The fourth-order valence-corrected chi connectivity index (χ4v) is 4.15. The molecule has 0 saturated carbocycles. The summed E-state index contributed by atoms with van der Waals surface area (Å²) < 4.78 is 7.15. The largest absolute Gasteiger partial charge is 0.497 e. The summed E-state index contributed by atoms with van der Waals surface area (Å²) in [6.45, 7) is 2.00. The van der Waals surface area contributed by atoms with E-state index in [2.05, 4.69) is 10.2 Å². The minimum Gasteiger partial charge on any atom is -0.497 e. The first-order valence-electron chi connectivity index (χ1n) is 10.0. The first kappa shape index (κ1) is 22.2. The van der Waals surface area contributed by atoms with Crippen molar-refractivity contribution >= 4 is 23.2 Å². The van der Waals surface area contributed by atoms with E-state index in [1.807, 2.05) is 60.0 Å². The second-order valence-electron chi connectivity index (χ2n) is 7.23. The molecule has 1 heterocycles. The Morgan fingerprint density at radius 1 is 1.06 bits per heavy atom. The summed E-state index contributed by atoms with van der Waals surface area (Å²) in [6, 6.07) is 21.1. The van der Waals surface area contributed by atoms with Crippen LogP contribution in [0, 0.1) is 17.0 Å². The van der Waals surface area contributed by atoms with Crippen LogP contribution in [-0.4, -0.2) is 38.3 Å². The third kappa shape index (κ3) is 4.93. The van der Waals surface area contributed by atoms with Gasteiger partial charge < -0.3 is 4.74 Å². The van der Waals surface area contributed by atoms with Gasteiger partial charge in [0.15, 0.2) is 16.8 Å². The first-order chi connectivity index (χ1) is 16.0. The normalized spacial score (nSPS) is 10.7. The zero-order valence-corrected chi connectivity index (χ0v) is 18.8. The smallest absolute Gasteiger partial charge is 0.270 e. The van der Waals surface area contributed by atoms with E-state index in [9.17, 15) is 14.9 Å². The molecule has 0 atom stereocenters.